The van der Waals surface area contributed by atoms with Crippen molar-refractivity contribution in [2.75, 3.05) is 14.2 Å². The predicted molar refractivity (Wildman–Crippen MR) is 106 cm³/mol. The zero-order valence-corrected chi connectivity index (χ0v) is 18.0. The lowest BCUT2D eigenvalue weighted by Gasteiger charge is -2.26. The molecule has 6 nitrogen and oxygen atoms in total. The number of rotatable bonds is 8. The average Bonchev–Trinajstić information content (AvgIpc) is 2.71. The molecule has 0 aliphatic rings. The maximum absolute atomic E-state index is 14.6. The molecule has 0 amide bonds. The highest BCUT2D eigenvalue weighted by molar-refractivity contribution is 5.93. The van der Waals surface area contributed by atoms with Crippen LogP contribution in [0.2, 0.25) is 0 Å². The van der Waals surface area contributed by atoms with Gasteiger partial charge in [0.05, 0.1) is 25.2 Å². The number of halogens is 3. The van der Waals surface area contributed by atoms with Gasteiger partial charge in [0.2, 0.25) is 0 Å². The van der Waals surface area contributed by atoms with Gasteiger partial charge in [-0.25, -0.2) is 18.0 Å². The predicted octanol–water partition coefficient (Wildman–Crippen LogP) is 4.22. The van der Waals surface area contributed by atoms with E-state index in [1.165, 1.54) is 7.11 Å². The number of hydrogen-bond acceptors (Lipinski definition) is 6. The Hall–Kier alpha value is -3.12. The second-order valence-electron chi connectivity index (χ2n) is 7.58. The third-order valence-corrected chi connectivity index (χ3v) is 4.45. The molecule has 0 saturated carbocycles. The smallest absolute Gasteiger partial charge is 0.348 e. The molecule has 31 heavy (non-hydrogen) atoms. The number of methoxy groups -OCH3 is 2. The highest BCUT2D eigenvalue weighted by Crippen LogP contribution is 2.31. The summed E-state index contributed by atoms with van der Waals surface area (Å²) in [5.74, 6) is -6.92. The number of nitriles is 1. The van der Waals surface area contributed by atoms with Gasteiger partial charge in [-0.1, -0.05) is 33.4 Å². The molecule has 0 aromatic heterocycles. The first-order valence-corrected chi connectivity index (χ1v) is 9.10. The van der Waals surface area contributed by atoms with Crippen molar-refractivity contribution in [3.05, 3.63) is 52.4 Å². The van der Waals surface area contributed by atoms with E-state index in [9.17, 15) is 22.8 Å². The fourth-order valence-corrected chi connectivity index (χ4v) is 2.73. The second-order valence-corrected chi connectivity index (χ2v) is 7.58. The highest BCUT2D eigenvalue weighted by atomic mass is 19.2. The number of nitrogens with zero attached hydrogens (tertiary/aromatic N) is 1. The molecule has 0 aliphatic heterocycles. The van der Waals surface area contributed by atoms with Crippen LogP contribution in [0.4, 0.5) is 13.2 Å². The van der Waals surface area contributed by atoms with Crippen LogP contribution in [0, 0.1) is 40.1 Å². The Morgan fingerprint density at radius 1 is 1.10 bits per heavy atom. The molecular formula is C22H24F3NO5. The fourth-order valence-electron chi connectivity index (χ4n) is 2.73. The van der Waals surface area contributed by atoms with E-state index in [4.69, 9.17) is 14.7 Å². The van der Waals surface area contributed by atoms with Crippen LogP contribution >= 0.6 is 0 Å². The van der Waals surface area contributed by atoms with Crippen molar-refractivity contribution in [2.24, 2.45) is 11.3 Å². The molecule has 1 rings (SSSR count). The fraction of sp³-hybridized carbons (Fsp3) is 0.409. The number of carbonyl (C=O) groups excluding carboxylic acids is 2. The summed E-state index contributed by atoms with van der Waals surface area (Å²) in [5, 5.41) is 9.14. The Balaban J connectivity index is 3.33. The molecule has 0 fully saturated rings. The average molecular weight is 439 g/mol. The normalized spacial score (nSPS) is 12.7. The summed E-state index contributed by atoms with van der Waals surface area (Å²) in [6, 6.07) is 1.64. The van der Waals surface area contributed by atoms with Gasteiger partial charge < -0.3 is 14.2 Å². The molecule has 168 valence electrons. The Kier molecular flexibility index (Phi) is 9.01. The molecule has 1 aromatic carbocycles. The van der Waals surface area contributed by atoms with Crippen molar-refractivity contribution >= 4 is 18.0 Å². The Morgan fingerprint density at radius 3 is 2.13 bits per heavy atom. The minimum atomic E-state index is -1.46. The van der Waals surface area contributed by atoms with Crippen LogP contribution in [0.1, 0.15) is 37.5 Å². The molecule has 0 N–H and O–H groups in total. The standard InChI is InChI=1S/C22H24F3NO5/c1-7-13-14(18(24)19(25)15(10-29-5)17(13)23)11-31-21(28)16(22(2,3)4)8-12(9-26)20(27)30-6/h7-8,16H,1,10-11H2,2-6H3/b12-8+. The molecule has 0 aliphatic carbocycles. The Labute approximate surface area is 178 Å². The summed E-state index contributed by atoms with van der Waals surface area (Å²) in [5.41, 5.74) is -2.75. The van der Waals surface area contributed by atoms with Crippen LogP contribution < -0.4 is 0 Å². The number of ether oxygens (including phenoxy) is 3. The maximum atomic E-state index is 14.6. The van der Waals surface area contributed by atoms with Gasteiger partial charge in [0.15, 0.2) is 11.6 Å². The van der Waals surface area contributed by atoms with Gasteiger partial charge in [-0.15, -0.1) is 0 Å². The van der Waals surface area contributed by atoms with E-state index in [1.54, 1.807) is 26.8 Å². The molecule has 0 bridgehead atoms. The molecule has 0 heterocycles. The van der Waals surface area contributed by atoms with E-state index >= 15 is 0 Å². The topological polar surface area (TPSA) is 85.6 Å². The van der Waals surface area contributed by atoms with Crippen LogP contribution in [0.15, 0.2) is 18.2 Å². The lowest BCUT2D eigenvalue weighted by Crippen LogP contribution is -2.29. The van der Waals surface area contributed by atoms with Gasteiger partial charge in [0, 0.05) is 18.2 Å². The van der Waals surface area contributed by atoms with Gasteiger partial charge in [-0.3, -0.25) is 4.79 Å². The summed E-state index contributed by atoms with van der Waals surface area (Å²) >= 11 is 0. The quantitative estimate of drug-likeness (QED) is 0.261. The third-order valence-electron chi connectivity index (χ3n) is 4.45. The van der Waals surface area contributed by atoms with E-state index in [1.807, 2.05) is 0 Å². The Morgan fingerprint density at radius 2 is 1.68 bits per heavy atom. The molecule has 0 spiro atoms. The van der Waals surface area contributed by atoms with Gasteiger partial charge in [-0.05, 0) is 11.5 Å². The number of carbonyl (C=O) groups is 2. The largest absolute Gasteiger partial charge is 0.465 e. The van der Waals surface area contributed by atoms with Crippen molar-refractivity contribution in [1.29, 1.82) is 5.26 Å². The minimum absolute atomic E-state index is 0.367. The van der Waals surface area contributed by atoms with Crippen LogP contribution in [0.3, 0.4) is 0 Å². The van der Waals surface area contributed by atoms with Gasteiger partial charge in [0.1, 0.15) is 24.1 Å². The van der Waals surface area contributed by atoms with E-state index in [0.29, 0.717) is 0 Å². The Bertz CT molecular complexity index is 942. The first-order chi connectivity index (χ1) is 14.4. The third kappa shape index (κ3) is 5.95. The summed E-state index contributed by atoms with van der Waals surface area (Å²) in [6.45, 7) is 7.04. The molecule has 1 atom stereocenters. The monoisotopic (exact) mass is 439 g/mol. The van der Waals surface area contributed by atoms with E-state index in [-0.39, 0.29) is 5.56 Å². The first kappa shape index (κ1) is 25.9. The summed E-state index contributed by atoms with van der Waals surface area (Å²) in [7, 11) is 2.28. The van der Waals surface area contributed by atoms with Crippen LogP contribution in [-0.4, -0.2) is 26.2 Å². The van der Waals surface area contributed by atoms with Crippen LogP contribution in [0.5, 0.6) is 0 Å². The zero-order chi connectivity index (χ0) is 23.9. The van der Waals surface area contributed by atoms with Gasteiger partial charge in [-0.2, -0.15) is 5.26 Å². The molecule has 9 heteroatoms. The van der Waals surface area contributed by atoms with E-state index in [2.05, 4.69) is 11.3 Å². The van der Waals surface area contributed by atoms with Crippen molar-refractivity contribution in [2.45, 2.75) is 34.0 Å². The first-order valence-electron chi connectivity index (χ1n) is 9.10. The molecule has 1 unspecified atom stereocenters. The summed E-state index contributed by atoms with van der Waals surface area (Å²) < 4.78 is 57.7. The zero-order valence-electron chi connectivity index (χ0n) is 18.0. The lowest BCUT2D eigenvalue weighted by atomic mass is 9.79. The number of esters is 2. The van der Waals surface area contributed by atoms with E-state index < -0.39 is 70.6 Å². The SMILES string of the molecule is C=Cc1c(F)c(COC)c(F)c(F)c1COC(=O)C(/C=C(\C#N)C(=O)OC)C(C)(C)C. The molecule has 1 aromatic rings. The molecule has 0 radical (unpaired) electrons. The lowest BCUT2D eigenvalue weighted by molar-refractivity contribution is -0.151. The summed E-state index contributed by atoms with van der Waals surface area (Å²) in [4.78, 5) is 24.4. The maximum Gasteiger partial charge on any atom is 0.348 e. The highest BCUT2D eigenvalue weighted by Gasteiger charge is 2.33. The van der Waals surface area contributed by atoms with E-state index in [0.717, 1.165) is 19.3 Å². The van der Waals surface area contributed by atoms with Crippen molar-refractivity contribution in [3.63, 3.8) is 0 Å². The van der Waals surface area contributed by atoms with Crippen LogP contribution in [-0.2, 0) is 37.0 Å². The molecular weight excluding hydrogens is 415 g/mol. The van der Waals surface area contributed by atoms with Gasteiger partial charge >= 0.3 is 11.9 Å². The molecule has 0 saturated heterocycles. The summed E-state index contributed by atoms with van der Waals surface area (Å²) in [6.07, 6.45) is 2.06. The minimum Gasteiger partial charge on any atom is -0.465 e. The van der Waals surface area contributed by atoms with Gasteiger partial charge in [0.25, 0.3) is 0 Å². The van der Waals surface area contributed by atoms with Crippen molar-refractivity contribution in [1.82, 2.24) is 0 Å². The van der Waals surface area contributed by atoms with Crippen LogP contribution in [0.25, 0.3) is 6.08 Å². The second kappa shape index (κ2) is 10.8. The number of hydrogen-bond donors (Lipinski definition) is 0. The number of benzene rings is 1. The van der Waals surface area contributed by atoms with Crippen molar-refractivity contribution < 1.29 is 37.0 Å². The van der Waals surface area contributed by atoms with Crippen molar-refractivity contribution in [3.8, 4) is 6.07 Å².